The Bertz CT molecular complexity index is 517. The molecule has 1 aromatic carbocycles. The maximum Gasteiger partial charge on any atom is 0.228 e. The van der Waals surface area contributed by atoms with E-state index in [0.29, 0.717) is 12.5 Å². The fourth-order valence-electron chi connectivity index (χ4n) is 3.65. The van der Waals surface area contributed by atoms with Crippen LogP contribution in [0, 0.1) is 0 Å². The van der Waals surface area contributed by atoms with Gasteiger partial charge in [-0.1, -0.05) is 25.1 Å². The first-order valence-corrected chi connectivity index (χ1v) is 8.03. The Balaban J connectivity index is 1.71. The molecule has 0 radical (unpaired) electrons. The lowest BCUT2D eigenvalue weighted by atomic mass is 9.96. The second-order valence-corrected chi connectivity index (χ2v) is 6.10. The summed E-state index contributed by atoms with van der Waals surface area (Å²) in [6, 6.07) is 9.02. The third-order valence-corrected chi connectivity index (χ3v) is 4.93. The molecule has 1 fully saturated rings. The Hall–Kier alpha value is -1.39. The van der Waals surface area contributed by atoms with Crippen LogP contribution >= 0.6 is 0 Å². The summed E-state index contributed by atoms with van der Waals surface area (Å²) in [5, 5.41) is 3.65. The van der Waals surface area contributed by atoms with Crippen molar-refractivity contribution < 1.29 is 4.79 Å². The zero-order chi connectivity index (χ0) is 14.8. The first kappa shape index (κ1) is 14.5. The molecule has 114 valence electrons. The van der Waals surface area contributed by atoms with Crippen LogP contribution in [0.15, 0.2) is 24.3 Å². The summed E-state index contributed by atoms with van der Waals surface area (Å²) in [7, 11) is 1.87. The summed E-state index contributed by atoms with van der Waals surface area (Å²) >= 11 is 0. The van der Waals surface area contributed by atoms with E-state index in [1.54, 1.807) is 4.90 Å². The number of nitrogens with one attached hydrogen (secondary N) is 1. The Kier molecular flexibility index (Phi) is 4.27. The molecule has 4 heteroatoms. The minimum Gasteiger partial charge on any atom is -0.315 e. The van der Waals surface area contributed by atoms with Gasteiger partial charge in [-0.2, -0.15) is 0 Å². The largest absolute Gasteiger partial charge is 0.315 e. The van der Waals surface area contributed by atoms with Gasteiger partial charge in [0.15, 0.2) is 0 Å². The van der Waals surface area contributed by atoms with E-state index >= 15 is 0 Å². The number of fused-ring (bicyclic) bond motifs is 1. The summed E-state index contributed by atoms with van der Waals surface area (Å²) in [4.78, 5) is 16.5. The highest BCUT2D eigenvalue weighted by Gasteiger charge is 2.30. The van der Waals surface area contributed by atoms with E-state index in [1.807, 2.05) is 19.2 Å². The number of likely N-dealkylation sites (N-methyl/N-ethyl adjacent to an activating group) is 1. The highest BCUT2D eigenvalue weighted by atomic mass is 16.2. The molecule has 0 aromatic heterocycles. The van der Waals surface area contributed by atoms with Gasteiger partial charge in [0, 0.05) is 37.8 Å². The molecular weight excluding hydrogens is 262 g/mol. The van der Waals surface area contributed by atoms with Crippen molar-refractivity contribution in [2.75, 3.05) is 31.6 Å². The van der Waals surface area contributed by atoms with E-state index in [0.717, 1.165) is 18.8 Å². The molecular formula is C17H25N3O. The Labute approximate surface area is 127 Å². The van der Waals surface area contributed by atoms with Crippen LogP contribution in [0.2, 0.25) is 0 Å². The number of hydrogen-bond acceptors (Lipinski definition) is 3. The second-order valence-electron chi connectivity index (χ2n) is 6.10. The first-order chi connectivity index (χ1) is 10.2. The molecule has 4 nitrogen and oxygen atoms in total. The fraction of sp³-hybridized carbons (Fsp3) is 0.588. The predicted molar refractivity (Wildman–Crippen MR) is 85.5 cm³/mol. The summed E-state index contributed by atoms with van der Waals surface area (Å²) in [6.45, 7) is 5.54. The quantitative estimate of drug-likeness (QED) is 0.922. The van der Waals surface area contributed by atoms with Crippen molar-refractivity contribution in [2.45, 2.75) is 38.3 Å². The predicted octanol–water partition coefficient (Wildman–Crippen LogP) is 2.17. The molecule has 1 amide bonds. The van der Waals surface area contributed by atoms with Gasteiger partial charge in [-0.15, -0.1) is 0 Å². The van der Waals surface area contributed by atoms with Crippen LogP contribution in [0.25, 0.3) is 0 Å². The highest BCUT2D eigenvalue weighted by molar-refractivity contribution is 5.96. The van der Waals surface area contributed by atoms with Crippen molar-refractivity contribution in [3.8, 4) is 0 Å². The van der Waals surface area contributed by atoms with Gasteiger partial charge in [-0.3, -0.25) is 9.69 Å². The average Bonchev–Trinajstić information content (AvgIpc) is 2.97. The Morgan fingerprint density at radius 2 is 2.14 bits per heavy atom. The van der Waals surface area contributed by atoms with E-state index in [9.17, 15) is 4.79 Å². The Morgan fingerprint density at radius 1 is 1.33 bits per heavy atom. The number of anilines is 1. The monoisotopic (exact) mass is 287 g/mol. The maximum atomic E-state index is 12.2. The van der Waals surface area contributed by atoms with Crippen LogP contribution < -0.4 is 10.2 Å². The minimum atomic E-state index is 0.157. The molecule has 2 atom stereocenters. The van der Waals surface area contributed by atoms with Crippen molar-refractivity contribution in [3.05, 3.63) is 29.8 Å². The lowest BCUT2D eigenvalue weighted by Gasteiger charge is -2.33. The van der Waals surface area contributed by atoms with Gasteiger partial charge in [-0.25, -0.2) is 0 Å². The molecule has 2 aliphatic heterocycles. The van der Waals surface area contributed by atoms with Crippen molar-refractivity contribution >= 4 is 11.6 Å². The molecule has 2 aliphatic rings. The fourth-order valence-corrected chi connectivity index (χ4v) is 3.65. The third kappa shape index (κ3) is 2.83. The number of benzene rings is 1. The number of carbonyl (C=O) groups excluding carboxylic acids is 1. The van der Waals surface area contributed by atoms with Crippen molar-refractivity contribution in [1.82, 2.24) is 10.2 Å². The number of nitrogens with zero attached hydrogens (tertiary/aromatic N) is 2. The molecule has 0 saturated carbocycles. The number of para-hydroxylation sites is 1. The molecule has 21 heavy (non-hydrogen) atoms. The standard InChI is InChI=1S/C17H25N3O/c1-3-20-10-6-7-13(20)12-18-15-11-17(21)19(2)16-9-5-4-8-14(15)16/h4-5,8-9,13,15,18H,3,6-7,10-12H2,1-2H3. The van der Waals surface area contributed by atoms with Crippen molar-refractivity contribution in [3.63, 3.8) is 0 Å². The zero-order valence-electron chi connectivity index (χ0n) is 13.0. The normalized spacial score (nSPS) is 26.2. The highest BCUT2D eigenvalue weighted by Crippen LogP contribution is 2.33. The smallest absolute Gasteiger partial charge is 0.228 e. The van der Waals surface area contributed by atoms with Crippen LogP contribution in [-0.4, -0.2) is 43.5 Å². The molecule has 2 unspecified atom stereocenters. The molecule has 0 aliphatic carbocycles. The summed E-state index contributed by atoms with van der Waals surface area (Å²) in [5.74, 6) is 0.199. The van der Waals surface area contributed by atoms with Gasteiger partial charge in [0.1, 0.15) is 0 Å². The topological polar surface area (TPSA) is 35.6 Å². The molecule has 1 aromatic rings. The van der Waals surface area contributed by atoms with E-state index < -0.39 is 0 Å². The second kappa shape index (κ2) is 6.16. The lowest BCUT2D eigenvalue weighted by Crippen LogP contribution is -2.42. The third-order valence-electron chi connectivity index (χ3n) is 4.93. The maximum absolute atomic E-state index is 12.2. The van der Waals surface area contributed by atoms with Crippen LogP contribution in [0.1, 0.15) is 37.8 Å². The number of carbonyl (C=O) groups is 1. The molecule has 1 saturated heterocycles. The van der Waals surface area contributed by atoms with Gasteiger partial charge in [0.2, 0.25) is 5.91 Å². The van der Waals surface area contributed by atoms with Crippen LogP contribution in [-0.2, 0) is 4.79 Å². The summed E-state index contributed by atoms with van der Waals surface area (Å²) in [5.41, 5.74) is 2.30. The van der Waals surface area contributed by atoms with E-state index in [4.69, 9.17) is 0 Å². The van der Waals surface area contributed by atoms with Crippen molar-refractivity contribution in [2.24, 2.45) is 0 Å². The van der Waals surface area contributed by atoms with Crippen molar-refractivity contribution in [1.29, 1.82) is 0 Å². The van der Waals surface area contributed by atoms with Gasteiger partial charge in [0.25, 0.3) is 0 Å². The molecule has 2 heterocycles. The molecule has 3 rings (SSSR count). The van der Waals surface area contributed by atoms with Gasteiger partial charge in [-0.05, 0) is 37.6 Å². The number of amides is 1. The van der Waals surface area contributed by atoms with Gasteiger partial charge in [0.05, 0.1) is 0 Å². The summed E-state index contributed by atoms with van der Waals surface area (Å²) in [6.07, 6.45) is 3.12. The first-order valence-electron chi connectivity index (χ1n) is 8.03. The van der Waals surface area contributed by atoms with Gasteiger partial charge >= 0.3 is 0 Å². The molecule has 0 spiro atoms. The number of likely N-dealkylation sites (tertiary alicyclic amines) is 1. The van der Waals surface area contributed by atoms with Crippen LogP contribution in [0.5, 0.6) is 0 Å². The summed E-state index contributed by atoms with van der Waals surface area (Å²) < 4.78 is 0. The minimum absolute atomic E-state index is 0.157. The number of hydrogen-bond donors (Lipinski definition) is 1. The van der Waals surface area contributed by atoms with Gasteiger partial charge < -0.3 is 10.2 Å². The lowest BCUT2D eigenvalue weighted by molar-refractivity contribution is -0.119. The zero-order valence-corrected chi connectivity index (χ0v) is 13.0. The average molecular weight is 287 g/mol. The van der Waals surface area contributed by atoms with Crippen LogP contribution in [0.4, 0.5) is 5.69 Å². The molecule has 0 bridgehead atoms. The Morgan fingerprint density at radius 3 is 2.95 bits per heavy atom. The molecule has 1 N–H and O–H groups in total. The van der Waals surface area contributed by atoms with E-state index in [2.05, 4.69) is 29.3 Å². The van der Waals surface area contributed by atoms with E-state index in [1.165, 1.54) is 24.9 Å². The number of rotatable bonds is 4. The SMILES string of the molecule is CCN1CCCC1CNC1CC(=O)N(C)c2ccccc21. The van der Waals surface area contributed by atoms with Crippen LogP contribution in [0.3, 0.4) is 0 Å². The van der Waals surface area contributed by atoms with E-state index in [-0.39, 0.29) is 11.9 Å².